The third-order valence-corrected chi connectivity index (χ3v) is 8.75. The maximum atomic E-state index is 13.3. The van der Waals surface area contributed by atoms with Crippen LogP contribution in [0.5, 0.6) is 0 Å². The minimum absolute atomic E-state index is 0.148. The van der Waals surface area contributed by atoms with Crippen LogP contribution in [-0.4, -0.2) is 74.2 Å². The zero-order valence-electron chi connectivity index (χ0n) is 19.0. The first-order valence-electron chi connectivity index (χ1n) is 11.8. The van der Waals surface area contributed by atoms with E-state index in [2.05, 4.69) is 29.2 Å². The number of halogens is 1. The topological polar surface area (TPSA) is 60.9 Å². The number of carbonyl (C=O) groups is 1. The van der Waals surface area contributed by atoms with Gasteiger partial charge >= 0.3 is 0 Å². The molecular formula is C25H32ClN3O3S. The highest BCUT2D eigenvalue weighted by Gasteiger charge is 2.29. The highest BCUT2D eigenvalue weighted by atomic mass is 35.5. The van der Waals surface area contributed by atoms with Gasteiger partial charge in [0, 0.05) is 32.7 Å². The lowest BCUT2D eigenvalue weighted by Gasteiger charge is -2.23. The fraction of sp³-hybridized carbons (Fsp3) is 0.480. The van der Waals surface area contributed by atoms with Crippen molar-refractivity contribution in [3.05, 3.63) is 64.7 Å². The van der Waals surface area contributed by atoms with Gasteiger partial charge in [-0.2, -0.15) is 4.31 Å². The first kappa shape index (κ1) is 24.2. The lowest BCUT2D eigenvalue weighted by Crippen LogP contribution is -2.36. The van der Waals surface area contributed by atoms with E-state index in [-0.39, 0.29) is 16.4 Å². The minimum atomic E-state index is -3.60. The third kappa shape index (κ3) is 5.96. The summed E-state index contributed by atoms with van der Waals surface area (Å²) in [5, 5.41) is 0.296. The van der Waals surface area contributed by atoms with Crippen molar-refractivity contribution in [1.82, 2.24) is 14.1 Å². The summed E-state index contributed by atoms with van der Waals surface area (Å²) in [6.45, 7) is 5.08. The van der Waals surface area contributed by atoms with Crippen molar-refractivity contribution < 1.29 is 13.2 Å². The Labute approximate surface area is 202 Å². The smallest absolute Gasteiger partial charge is 0.255 e. The predicted molar refractivity (Wildman–Crippen MR) is 131 cm³/mol. The molecule has 2 aliphatic heterocycles. The van der Waals surface area contributed by atoms with Gasteiger partial charge in [0.1, 0.15) is 0 Å². The predicted octanol–water partition coefficient (Wildman–Crippen LogP) is 3.91. The van der Waals surface area contributed by atoms with Gasteiger partial charge in [0.25, 0.3) is 5.91 Å². The lowest BCUT2D eigenvalue weighted by atomic mass is 10.1. The molecule has 2 aromatic rings. The molecule has 6 nitrogen and oxygen atoms in total. The molecule has 178 valence electrons. The van der Waals surface area contributed by atoms with Crippen LogP contribution in [-0.2, 0) is 16.4 Å². The van der Waals surface area contributed by atoms with Gasteiger partial charge in [0.05, 0.1) is 15.5 Å². The van der Waals surface area contributed by atoms with E-state index in [0.29, 0.717) is 31.2 Å². The molecule has 8 heteroatoms. The van der Waals surface area contributed by atoms with Crippen LogP contribution in [0.4, 0.5) is 0 Å². The molecule has 0 atom stereocenters. The van der Waals surface area contributed by atoms with E-state index in [1.54, 1.807) is 0 Å². The van der Waals surface area contributed by atoms with Crippen LogP contribution in [0, 0.1) is 0 Å². The van der Waals surface area contributed by atoms with Gasteiger partial charge in [-0.15, -0.1) is 0 Å². The molecule has 2 heterocycles. The molecule has 0 unspecified atom stereocenters. The molecule has 0 aromatic heterocycles. The van der Waals surface area contributed by atoms with Gasteiger partial charge in [-0.25, -0.2) is 8.42 Å². The highest BCUT2D eigenvalue weighted by molar-refractivity contribution is 7.89. The molecule has 1 amide bonds. The lowest BCUT2D eigenvalue weighted by molar-refractivity contribution is 0.0761. The molecule has 2 fully saturated rings. The summed E-state index contributed by atoms with van der Waals surface area (Å²) in [6.07, 6.45) is 4.76. The molecular weight excluding hydrogens is 458 g/mol. The van der Waals surface area contributed by atoms with Crippen LogP contribution < -0.4 is 0 Å². The summed E-state index contributed by atoms with van der Waals surface area (Å²) in [5.41, 5.74) is 1.62. The van der Waals surface area contributed by atoms with Crippen molar-refractivity contribution in [2.75, 3.05) is 45.8 Å². The number of amides is 1. The molecule has 33 heavy (non-hydrogen) atoms. The average molecular weight is 490 g/mol. The normalized spacial score (nSPS) is 18.4. The Morgan fingerprint density at radius 3 is 2.39 bits per heavy atom. The van der Waals surface area contributed by atoms with Crippen LogP contribution >= 0.6 is 11.6 Å². The van der Waals surface area contributed by atoms with Crippen molar-refractivity contribution in [2.24, 2.45) is 0 Å². The second-order valence-electron chi connectivity index (χ2n) is 8.83. The molecule has 0 aliphatic carbocycles. The van der Waals surface area contributed by atoms with E-state index < -0.39 is 10.0 Å². The fourth-order valence-electron chi connectivity index (χ4n) is 4.63. The SMILES string of the molecule is O=C(c1cc(S(=O)(=O)N2CCCC2)ccc1Cl)N1CCCN(CCCc2ccccc2)CC1. The Kier molecular flexibility index (Phi) is 8.07. The van der Waals surface area contributed by atoms with Crippen LogP contribution in [0.2, 0.25) is 5.02 Å². The number of rotatable bonds is 7. The fourth-order valence-corrected chi connectivity index (χ4v) is 6.37. The molecule has 0 saturated carbocycles. The van der Waals surface area contributed by atoms with E-state index in [1.807, 2.05) is 11.0 Å². The molecule has 0 bridgehead atoms. The number of nitrogens with zero attached hydrogens (tertiary/aromatic N) is 3. The summed E-state index contributed by atoms with van der Waals surface area (Å²) < 4.78 is 27.4. The summed E-state index contributed by atoms with van der Waals surface area (Å²) in [4.78, 5) is 17.7. The van der Waals surface area contributed by atoms with Crippen LogP contribution in [0.25, 0.3) is 0 Å². The van der Waals surface area contributed by atoms with E-state index in [9.17, 15) is 13.2 Å². The Bertz CT molecular complexity index is 1060. The summed E-state index contributed by atoms with van der Waals surface area (Å²) >= 11 is 6.35. The molecule has 4 rings (SSSR count). The number of hydrogen-bond donors (Lipinski definition) is 0. The zero-order valence-corrected chi connectivity index (χ0v) is 20.5. The first-order chi connectivity index (χ1) is 15.9. The molecule has 0 N–H and O–H groups in total. The van der Waals surface area contributed by atoms with E-state index in [4.69, 9.17) is 11.6 Å². The summed E-state index contributed by atoms with van der Waals surface area (Å²) in [5.74, 6) is -0.190. The van der Waals surface area contributed by atoms with Gasteiger partial charge in [-0.05, 0) is 69.0 Å². The molecule has 2 saturated heterocycles. The number of sulfonamides is 1. The second kappa shape index (κ2) is 11.0. The molecule has 0 radical (unpaired) electrons. The largest absolute Gasteiger partial charge is 0.337 e. The standard InChI is InChI=1S/C25H32ClN3O3S/c26-24-12-11-22(33(31,32)29-16-4-5-17-29)20-23(24)25(30)28-15-7-14-27(18-19-28)13-6-10-21-8-2-1-3-9-21/h1-3,8-9,11-12,20H,4-7,10,13-19H2. The summed E-state index contributed by atoms with van der Waals surface area (Å²) in [6, 6.07) is 15.0. The number of aryl methyl sites for hydroxylation is 1. The van der Waals surface area contributed by atoms with E-state index in [0.717, 1.165) is 51.7 Å². The highest BCUT2D eigenvalue weighted by Crippen LogP contribution is 2.26. The first-order valence-corrected chi connectivity index (χ1v) is 13.6. The number of carbonyl (C=O) groups excluding carboxylic acids is 1. The summed E-state index contributed by atoms with van der Waals surface area (Å²) in [7, 11) is -3.60. The number of benzene rings is 2. The van der Waals surface area contributed by atoms with Gasteiger partial charge < -0.3 is 9.80 Å². The number of hydrogen-bond acceptors (Lipinski definition) is 4. The maximum absolute atomic E-state index is 13.3. The average Bonchev–Trinajstić information content (AvgIpc) is 3.28. The van der Waals surface area contributed by atoms with Gasteiger partial charge in [-0.3, -0.25) is 4.79 Å². The van der Waals surface area contributed by atoms with Gasteiger partial charge in [0.2, 0.25) is 10.0 Å². The second-order valence-corrected chi connectivity index (χ2v) is 11.2. The van der Waals surface area contributed by atoms with Crippen LogP contribution in [0.1, 0.15) is 41.6 Å². The molecule has 2 aromatic carbocycles. The van der Waals surface area contributed by atoms with Gasteiger partial charge in [-0.1, -0.05) is 41.9 Å². The van der Waals surface area contributed by atoms with Crippen molar-refractivity contribution in [1.29, 1.82) is 0 Å². The van der Waals surface area contributed by atoms with Gasteiger partial charge in [0.15, 0.2) is 0 Å². The zero-order chi connectivity index (χ0) is 23.3. The quantitative estimate of drug-likeness (QED) is 0.591. The Hall–Kier alpha value is -1.93. The van der Waals surface area contributed by atoms with E-state index >= 15 is 0 Å². The minimum Gasteiger partial charge on any atom is -0.337 e. The van der Waals surface area contributed by atoms with E-state index in [1.165, 1.54) is 28.1 Å². The monoisotopic (exact) mass is 489 g/mol. The van der Waals surface area contributed by atoms with Crippen LogP contribution in [0.3, 0.4) is 0 Å². The van der Waals surface area contributed by atoms with Crippen molar-refractivity contribution >= 4 is 27.5 Å². The van der Waals surface area contributed by atoms with Crippen molar-refractivity contribution in [3.63, 3.8) is 0 Å². The maximum Gasteiger partial charge on any atom is 0.255 e. The van der Waals surface area contributed by atoms with Crippen LogP contribution in [0.15, 0.2) is 53.4 Å². The Morgan fingerprint density at radius 1 is 0.879 bits per heavy atom. The molecule has 2 aliphatic rings. The van der Waals surface area contributed by atoms with Crippen molar-refractivity contribution in [2.45, 2.75) is 37.0 Å². The van der Waals surface area contributed by atoms with Crippen molar-refractivity contribution in [3.8, 4) is 0 Å². The Balaban J connectivity index is 1.38. The third-order valence-electron chi connectivity index (χ3n) is 6.53. The molecule has 0 spiro atoms. The Morgan fingerprint density at radius 2 is 1.64 bits per heavy atom.